The number of oxime groups is 1. The maximum absolute atomic E-state index is 12.9. The van der Waals surface area contributed by atoms with E-state index in [-0.39, 0.29) is 41.5 Å². The van der Waals surface area contributed by atoms with E-state index in [0.717, 1.165) is 11.3 Å². The van der Waals surface area contributed by atoms with Crippen molar-refractivity contribution in [2.75, 3.05) is 24.6 Å². The lowest BCUT2D eigenvalue weighted by molar-refractivity contribution is -0.164. The summed E-state index contributed by atoms with van der Waals surface area (Å²) >= 11 is 2.33. The third-order valence-electron chi connectivity index (χ3n) is 4.77. The van der Waals surface area contributed by atoms with E-state index in [4.69, 9.17) is 15.3 Å². The van der Waals surface area contributed by atoms with E-state index < -0.39 is 40.6 Å². The molecule has 14 heteroatoms. The van der Waals surface area contributed by atoms with Crippen LogP contribution in [0.5, 0.6) is 0 Å². The Labute approximate surface area is 191 Å². The summed E-state index contributed by atoms with van der Waals surface area (Å²) in [6, 6.07) is -0.867. The van der Waals surface area contributed by atoms with Crippen molar-refractivity contribution in [3.05, 3.63) is 11.1 Å². The van der Waals surface area contributed by atoms with Gasteiger partial charge in [0.15, 0.2) is 10.8 Å². The molecule has 12 nitrogen and oxygen atoms in total. The highest BCUT2D eigenvalue weighted by molar-refractivity contribution is 8.00. The highest BCUT2D eigenvalue weighted by Crippen LogP contribution is 2.42. The summed E-state index contributed by atoms with van der Waals surface area (Å²) in [6.07, 6.45) is -0.287. The number of anilines is 1. The number of ether oxygens (including phenoxy) is 1. The molecule has 174 valence electrons. The zero-order valence-corrected chi connectivity index (χ0v) is 19.2. The van der Waals surface area contributed by atoms with Crippen LogP contribution in [0.1, 0.15) is 26.5 Å². The number of aliphatic carboxylic acids is 1. The molecule has 2 unspecified atom stereocenters. The Morgan fingerprint density at radius 3 is 2.75 bits per heavy atom. The van der Waals surface area contributed by atoms with Gasteiger partial charge in [0.05, 0.1) is 0 Å². The SMILES string of the molecule is CC(=O)OCC1(C(=O)O)CS[C@@H]2C(NC(=O)C(=NOC(C)C)c3csc(N)n3)C(=O)N2C1. The molecule has 2 amide bonds. The van der Waals surface area contributed by atoms with Crippen molar-refractivity contribution >= 4 is 57.7 Å². The lowest BCUT2D eigenvalue weighted by Gasteiger charge is -2.53. The zero-order valence-electron chi connectivity index (χ0n) is 17.6. The van der Waals surface area contributed by atoms with Crippen molar-refractivity contribution < 1.29 is 33.9 Å². The number of fused-ring (bicyclic) bond motifs is 1. The lowest BCUT2D eigenvalue weighted by Crippen LogP contribution is -2.74. The van der Waals surface area contributed by atoms with Crippen molar-refractivity contribution in [1.29, 1.82) is 0 Å². The van der Waals surface area contributed by atoms with Crippen LogP contribution in [0.3, 0.4) is 0 Å². The highest BCUT2D eigenvalue weighted by atomic mass is 32.2. The summed E-state index contributed by atoms with van der Waals surface area (Å²) in [4.78, 5) is 59.2. The number of thioether (sulfide) groups is 1. The fourth-order valence-electron chi connectivity index (χ4n) is 3.11. The standard InChI is InChI=1S/C18H23N5O7S2/c1-8(2)30-22-11(10-4-31-17(19)20-10)13(25)21-12-14(26)23-5-18(16(27)28,6-29-9(3)24)7-32-15(12)23/h4,8,12,15H,5-7H2,1-3H3,(H2,19,20)(H,21,25)(H,27,28)/t12?,15-,18?/m1/s1. The monoisotopic (exact) mass is 485 g/mol. The quantitative estimate of drug-likeness (QED) is 0.195. The number of carboxylic acid groups (broad SMARTS) is 1. The average Bonchev–Trinajstić information content (AvgIpc) is 3.15. The minimum absolute atomic E-state index is 0.108. The Balaban J connectivity index is 1.71. The topological polar surface area (TPSA) is 174 Å². The number of rotatable bonds is 8. The molecule has 0 radical (unpaired) electrons. The molecule has 32 heavy (non-hydrogen) atoms. The number of hydrogen-bond acceptors (Lipinski definition) is 11. The van der Waals surface area contributed by atoms with E-state index in [1.165, 1.54) is 23.6 Å². The number of carboxylic acids is 1. The molecule has 0 spiro atoms. The lowest BCUT2D eigenvalue weighted by atomic mass is 9.88. The molecule has 0 saturated carbocycles. The molecule has 0 aromatic carbocycles. The molecule has 3 rings (SSSR count). The number of nitrogens with one attached hydrogen (secondary N) is 1. The minimum atomic E-state index is -1.41. The fourth-order valence-corrected chi connectivity index (χ4v) is 5.19. The number of nitrogen functional groups attached to an aromatic ring is 1. The van der Waals surface area contributed by atoms with Crippen molar-refractivity contribution in [3.63, 3.8) is 0 Å². The van der Waals surface area contributed by atoms with Crippen LogP contribution in [-0.4, -0.2) is 80.9 Å². The van der Waals surface area contributed by atoms with Crippen molar-refractivity contribution in [2.24, 2.45) is 10.6 Å². The summed E-state index contributed by atoms with van der Waals surface area (Å²) in [6.45, 7) is 4.20. The van der Waals surface area contributed by atoms with E-state index in [1.54, 1.807) is 19.2 Å². The molecule has 3 heterocycles. The average molecular weight is 486 g/mol. The number of carbonyl (C=O) groups is 4. The summed E-state index contributed by atoms with van der Waals surface area (Å²) < 4.78 is 4.92. The van der Waals surface area contributed by atoms with Gasteiger partial charge in [0.2, 0.25) is 5.91 Å². The fraction of sp³-hybridized carbons (Fsp3) is 0.556. The Morgan fingerprint density at radius 1 is 1.47 bits per heavy atom. The van der Waals surface area contributed by atoms with Crippen LogP contribution in [0.4, 0.5) is 5.13 Å². The van der Waals surface area contributed by atoms with Crippen LogP contribution in [0, 0.1) is 5.41 Å². The molecule has 2 fully saturated rings. The molecule has 1 aromatic heterocycles. The first-order valence-electron chi connectivity index (χ1n) is 9.59. The number of amides is 2. The third-order valence-corrected chi connectivity index (χ3v) is 7.03. The van der Waals surface area contributed by atoms with Crippen LogP contribution in [-0.2, 0) is 28.8 Å². The van der Waals surface area contributed by atoms with Crippen LogP contribution in [0.15, 0.2) is 10.5 Å². The molecule has 4 N–H and O–H groups in total. The highest BCUT2D eigenvalue weighted by Gasteiger charge is 2.58. The minimum Gasteiger partial charge on any atom is -0.481 e. The number of aromatic nitrogens is 1. The van der Waals surface area contributed by atoms with Crippen molar-refractivity contribution in [2.45, 2.75) is 38.3 Å². The maximum atomic E-state index is 12.9. The molecule has 1 aromatic rings. The van der Waals surface area contributed by atoms with Gasteiger partial charge >= 0.3 is 11.9 Å². The van der Waals surface area contributed by atoms with Gasteiger partial charge in [-0.15, -0.1) is 23.1 Å². The van der Waals surface area contributed by atoms with E-state index in [0.29, 0.717) is 0 Å². The number of carbonyl (C=O) groups excluding carboxylic acids is 3. The normalized spacial score (nSPS) is 25.1. The Kier molecular flexibility index (Phi) is 6.93. The summed E-state index contributed by atoms with van der Waals surface area (Å²) in [7, 11) is 0. The Bertz CT molecular complexity index is 965. The second-order valence-electron chi connectivity index (χ2n) is 7.65. The first kappa shape index (κ1) is 23.8. The molecule has 2 aliphatic heterocycles. The van der Waals surface area contributed by atoms with Gasteiger partial charge in [-0.3, -0.25) is 19.2 Å². The second-order valence-corrected chi connectivity index (χ2v) is 9.64. The molecule has 3 atom stereocenters. The van der Waals surface area contributed by atoms with Gasteiger partial charge in [0.25, 0.3) is 5.91 Å². The third kappa shape index (κ3) is 4.80. The largest absolute Gasteiger partial charge is 0.481 e. The zero-order chi connectivity index (χ0) is 23.6. The maximum Gasteiger partial charge on any atom is 0.315 e. The van der Waals surface area contributed by atoms with Crippen LogP contribution in [0.25, 0.3) is 0 Å². The van der Waals surface area contributed by atoms with E-state index >= 15 is 0 Å². The summed E-state index contributed by atoms with van der Waals surface area (Å²) in [5.41, 5.74) is 4.34. The number of esters is 1. The Morgan fingerprint density at radius 2 is 2.19 bits per heavy atom. The molecular formula is C18H23N5O7S2. The number of nitrogens with two attached hydrogens (primary N) is 1. The van der Waals surface area contributed by atoms with Crippen LogP contribution >= 0.6 is 23.1 Å². The van der Waals surface area contributed by atoms with E-state index in [1.807, 2.05) is 0 Å². The van der Waals surface area contributed by atoms with Gasteiger partial charge in [-0.2, -0.15) is 0 Å². The van der Waals surface area contributed by atoms with Gasteiger partial charge in [-0.1, -0.05) is 5.16 Å². The van der Waals surface area contributed by atoms with Gasteiger partial charge < -0.3 is 30.6 Å². The van der Waals surface area contributed by atoms with Crippen molar-refractivity contribution in [3.8, 4) is 0 Å². The number of nitrogens with zero attached hydrogens (tertiary/aromatic N) is 3. The molecule has 0 aliphatic carbocycles. The Hall–Kier alpha value is -2.87. The predicted molar refractivity (Wildman–Crippen MR) is 116 cm³/mol. The predicted octanol–water partition coefficient (Wildman–Crippen LogP) is -0.112. The van der Waals surface area contributed by atoms with Gasteiger partial charge in [-0.05, 0) is 13.8 Å². The number of thiazole rings is 1. The second kappa shape index (κ2) is 9.32. The molecule has 2 saturated heterocycles. The molecule has 0 bridgehead atoms. The van der Waals surface area contributed by atoms with Crippen LogP contribution < -0.4 is 11.1 Å². The first-order valence-corrected chi connectivity index (χ1v) is 11.5. The van der Waals surface area contributed by atoms with Gasteiger partial charge in [-0.25, -0.2) is 4.98 Å². The van der Waals surface area contributed by atoms with E-state index in [9.17, 15) is 24.3 Å². The number of β-lactam (4-membered cyclic amide) rings is 1. The smallest absolute Gasteiger partial charge is 0.315 e. The summed E-state index contributed by atoms with van der Waals surface area (Å²) in [5, 5.41) is 17.5. The summed E-state index contributed by atoms with van der Waals surface area (Å²) in [5.74, 6) is -2.76. The first-order chi connectivity index (χ1) is 15.0. The van der Waals surface area contributed by atoms with Gasteiger partial charge in [0, 0.05) is 24.6 Å². The molecular weight excluding hydrogens is 462 g/mol. The van der Waals surface area contributed by atoms with E-state index in [2.05, 4.69) is 15.5 Å². The van der Waals surface area contributed by atoms with Crippen LogP contribution in [0.2, 0.25) is 0 Å². The van der Waals surface area contributed by atoms with Gasteiger partial charge in [0.1, 0.15) is 35.2 Å². The molecule has 2 aliphatic rings. The number of hydrogen-bond donors (Lipinski definition) is 3. The van der Waals surface area contributed by atoms with Crippen molar-refractivity contribution in [1.82, 2.24) is 15.2 Å².